The molecule has 0 bridgehead atoms. The summed E-state index contributed by atoms with van der Waals surface area (Å²) >= 11 is 0. The molecule has 2 aromatic rings. The van der Waals surface area contributed by atoms with Gasteiger partial charge in [-0.1, -0.05) is 0 Å². The average Bonchev–Trinajstić information content (AvgIpc) is 2.94. The molecule has 0 aliphatic carbocycles. The van der Waals surface area contributed by atoms with Crippen molar-refractivity contribution in [3.8, 4) is 0 Å². The van der Waals surface area contributed by atoms with Crippen LogP contribution in [-0.2, 0) is 13.6 Å². The maximum absolute atomic E-state index is 11.7. The molecule has 2 rings (SSSR count). The van der Waals surface area contributed by atoms with Gasteiger partial charge in [-0.15, -0.1) is 0 Å². The minimum atomic E-state index is -1.23. The van der Waals surface area contributed by atoms with Crippen LogP contribution in [0.25, 0.3) is 0 Å². The number of carbonyl (C=O) groups excluding carboxylic acids is 1. The summed E-state index contributed by atoms with van der Waals surface area (Å²) in [5, 5.41) is 15.5. The fraction of sp³-hybridized carbons (Fsp3) is 0.200. The Balaban J connectivity index is 2.04. The van der Waals surface area contributed by atoms with Gasteiger partial charge in [0.15, 0.2) is 11.4 Å². The van der Waals surface area contributed by atoms with Gasteiger partial charge in [0.25, 0.3) is 5.91 Å². The van der Waals surface area contributed by atoms with E-state index in [0.29, 0.717) is 5.69 Å². The van der Waals surface area contributed by atoms with Crippen LogP contribution in [0.3, 0.4) is 0 Å². The predicted molar refractivity (Wildman–Crippen MR) is 59.9 cm³/mol. The molecule has 0 atom stereocenters. The Morgan fingerprint density at radius 2 is 2.33 bits per heavy atom. The molecule has 2 aromatic heterocycles. The molecule has 3 N–H and O–H groups in total. The Labute approximate surface area is 102 Å². The Morgan fingerprint density at radius 1 is 1.56 bits per heavy atom. The molecule has 8 nitrogen and oxygen atoms in total. The Morgan fingerprint density at radius 3 is 2.94 bits per heavy atom. The molecule has 94 valence electrons. The number of nitrogens with one attached hydrogen (secondary N) is 2. The average molecular weight is 249 g/mol. The first-order valence-corrected chi connectivity index (χ1v) is 5.11. The third-order valence-corrected chi connectivity index (χ3v) is 2.27. The summed E-state index contributed by atoms with van der Waals surface area (Å²) in [4.78, 5) is 28.6. The van der Waals surface area contributed by atoms with Crippen LogP contribution in [0, 0.1) is 0 Å². The van der Waals surface area contributed by atoms with Crippen molar-refractivity contribution >= 4 is 11.9 Å². The number of carbonyl (C=O) groups is 2. The van der Waals surface area contributed by atoms with Gasteiger partial charge in [-0.3, -0.25) is 9.48 Å². The molecule has 0 aromatic carbocycles. The van der Waals surface area contributed by atoms with Crippen molar-refractivity contribution in [1.29, 1.82) is 0 Å². The van der Waals surface area contributed by atoms with Crippen LogP contribution in [0.5, 0.6) is 0 Å². The smallest absolute Gasteiger partial charge is 0.354 e. The molecule has 18 heavy (non-hydrogen) atoms. The quantitative estimate of drug-likeness (QED) is 0.692. The van der Waals surface area contributed by atoms with Crippen molar-refractivity contribution < 1.29 is 14.7 Å². The highest BCUT2D eigenvalue weighted by Gasteiger charge is 2.19. The van der Waals surface area contributed by atoms with E-state index >= 15 is 0 Å². The van der Waals surface area contributed by atoms with Crippen molar-refractivity contribution in [3.63, 3.8) is 0 Å². The zero-order chi connectivity index (χ0) is 13.1. The number of aromatic nitrogens is 4. The summed E-state index contributed by atoms with van der Waals surface area (Å²) < 4.78 is 1.61. The fourth-order valence-corrected chi connectivity index (χ4v) is 1.44. The number of aromatic carboxylic acids is 1. The zero-order valence-electron chi connectivity index (χ0n) is 9.54. The number of rotatable bonds is 4. The molecule has 0 saturated carbocycles. The molecule has 0 aliphatic rings. The number of H-pyrrole nitrogens is 1. The van der Waals surface area contributed by atoms with Gasteiger partial charge in [-0.05, 0) is 6.07 Å². The van der Waals surface area contributed by atoms with Gasteiger partial charge < -0.3 is 15.4 Å². The number of carboxylic acid groups (broad SMARTS) is 1. The van der Waals surface area contributed by atoms with E-state index in [1.54, 1.807) is 24.0 Å². The lowest BCUT2D eigenvalue weighted by Gasteiger charge is -2.01. The zero-order valence-corrected chi connectivity index (χ0v) is 9.54. The van der Waals surface area contributed by atoms with Crippen LogP contribution in [0.15, 0.2) is 18.6 Å². The summed E-state index contributed by atoms with van der Waals surface area (Å²) in [6.45, 7) is 0.214. The second-order valence-electron chi connectivity index (χ2n) is 3.59. The molecular formula is C10H11N5O3. The van der Waals surface area contributed by atoms with Crippen molar-refractivity contribution in [2.75, 3.05) is 0 Å². The molecule has 0 unspecified atom stereocenters. The van der Waals surface area contributed by atoms with E-state index in [0.717, 1.165) is 0 Å². The number of imidazole rings is 1. The second kappa shape index (κ2) is 4.70. The van der Waals surface area contributed by atoms with Gasteiger partial charge in [0.05, 0.1) is 18.6 Å². The van der Waals surface area contributed by atoms with Gasteiger partial charge in [0.1, 0.15) is 0 Å². The first-order chi connectivity index (χ1) is 8.58. The van der Waals surface area contributed by atoms with Gasteiger partial charge in [0.2, 0.25) is 0 Å². The van der Waals surface area contributed by atoms with Gasteiger partial charge >= 0.3 is 5.97 Å². The van der Waals surface area contributed by atoms with Gasteiger partial charge in [-0.2, -0.15) is 5.10 Å². The third kappa shape index (κ3) is 2.37. The van der Waals surface area contributed by atoms with E-state index < -0.39 is 11.9 Å². The SMILES string of the molecule is Cn1ccc(CNC(=O)c2nc[nH]c2C(=O)O)n1. The van der Waals surface area contributed by atoms with E-state index in [1.807, 2.05) is 0 Å². The van der Waals surface area contributed by atoms with Crippen LogP contribution in [0.4, 0.5) is 0 Å². The first kappa shape index (κ1) is 11.8. The number of aromatic amines is 1. The fourth-order valence-electron chi connectivity index (χ4n) is 1.44. The lowest BCUT2D eigenvalue weighted by atomic mass is 10.3. The largest absolute Gasteiger partial charge is 0.477 e. The minimum absolute atomic E-state index is 0.140. The molecule has 0 saturated heterocycles. The topological polar surface area (TPSA) is 113 Å². The van der Waals surface area contributed by atoms with Crippen LogP contribution >= 0.6 is 0 Å². The number of hydrogen-bond donors (Lipinski definition) is 3. The number of hydrogen-bond acceptors (Lipinski definition) is 4. The van der Waals surface area contributed by atoms with Crippen molar-refractivity contribution in [2.45, 2.75) is 6.54 Å². The molecule has 8 heteroatoms. The molecular weight excluding hydrogens is 238 g/mol. The molecule has 0 fully saturated rings. The number of carboxylic acids is 1. The van der Waals surface area contributed by atoms with Crippen molar-refractivity contribution in [3.05, 3.63) is 35.7 Å². The maximum Gasteiger partial charge on any atom is 0.354 e. The van der Waals surface area contributed by atoms with Crippen LogP contribution in [-0.4, -0.2) is 36.7 Å². The highest BCUT2D eigenvalue weighted by atomic mass is 16.4. The van der Waals surface area contributed by atoms with Crippen LogP contribution in [0.2, 0.25) is 0 Å². The third-order valence-electron chi connectivity index (χ3n) is 2.27. The predicted octanol–water partition coefficient (Wildman–Crippen LogP) is -0.229. The second-order valence-corrected chi connectivity index (χ2v) is 3.59. The lowest BCUT2D eigenvalue weighted by molar-refractivity contribution is 0.0685. The van der Waals surface area contributed by atoms with Crippen molar-refractivity contribution in [1.82, 2.24) is 25.1 Å². The minimum Gasteiger partial charge on any atom is -0.477 e. The van der Waals surface area contributed by atoms with E-state index in [2.05, 4.69) is 20.4 Å². The molecule has 1 amide bonds. The number of aryl methyl sites for hydroxylation is 1. The van der Waals surface area contributed by atoms with E-state index in [-0.39, 0.29) is 17.9 Å². The lowest BCUT2D eigenvalue weighted by Crippen LogP contribution is -2.25. The Kier molecular flexibility index (Phi) is 3.09. The van der Waals surface area contributed by atoms with E-state index in [1.165, 1.54) is 6.33 Å². The highest BCUT2D eigenvalue weighted by Crippen LogP contribution is 2.03. The number of amides is 1. The standard InChI is InChI=1S/C10H11N5O3/c1-15-3-2-6(14-15)4-11-9(16)7-8(10(17)18)13-5-12-7/h2-3,5H,4H2,1H3,(H,11,16)(H,12,13)(H,17,18). The van der Waals surface area contributed by atoms with E-state index in [9.17, 15) is 9.59 Å². The Bertz CT molecular complexity index is 586. The number of nitrogens with zero attached hydrogens (tertiary/aromatic N) is 3. The molecule has 0 spiro atoms. The molecule has 0 aliphatic heterocycles. The van der Waals surface area contributed by atoms with Gasteiger partial charge in [0, 0.05) is 13.2 Å². The normalized spacial score (nSPS) is 10.3. The van der Waals surface area contributed by atoms with Gasteiger partial charge in [-0.25, -0.2) is 9.78 Å². The summed E-state index contributed by atoms with van der Waals surface area (Å²) in [5.41, 5.74) is 0.310. The highest BCUT2D eigenvalue weighted by molar-refractivity contribution is 6.02. The van der Waals surface area contributed by atoms with Crippen LogP contribution < -0.4 is 5.32 Å². The molecule has 0 radical (unpaired) electrons. The maximum atomic E-state index is 11.7. The van der Waals surface area contributed by atoms with Crippen LogP contribution in [0.1, 0.15) is 26.7 Å². The summed E-state index contributed by atoms with van der Waals surface area (Å²) in [6.07, 6.45) is 2.91. The van der Waals surface area contributed by atoms with E-state index in [4.69, 9.17) is 5.11 Å². The summed E-state index contributed by atoms with van der Waals surface area (Å²) in [5.74, 6) is -1.78. The monoisotopic (exact) mass is 249 g/mol. The molecule has 2 heterocycles. The van der Waals surface area contributed by atoms with Crippen molar-refractivity contribution in [2.24, 2.45) is 7.05 Å². The Hall–Kier alpha value is -2.64. The summed E-state index contributed by atoms with van der Waals surface area (Å²) in [7, 11) is 1.77. The first-order valence-electron chi connectivity index (χ1n) is 5.11. The summed E-state index contributed by atoms with van der Waals surface area (Å²) in [6, 6.07) is 1.75.